The Balaban J connectivity index is 1.67. The van der Waals surface area contributed by atoms with E-state index in [1.807, 2.05) is 0 Å². The first kappa shape index (κ1) is 20.9. The van der Waals surface area contributed by atoms with Crippen molar-refractivity contribution in [1.29, 1.82) is 0 Å². The van der Waals surface area contributed by atoms with Gasteiger partial charge in [-0.25, -0.2) is 0 Å². The Labute approximate surface area is 175 Å². The Morgan fingerprint density at radius 3 is 2.59 bits per heavy atom. The Morgan fingerprint density at radius 2 is 1.86 bits per heavy atom. The highest BCUT2D eigenvalue weighted by atomic mass is 35.5. The summed E-state index contributed by atoms with van der Waals surface area (Å²) in [6, 6.07) is 13.8. The molecule has 0 spiro atoms. The summed E-state index contributed by atoms with van der Waals surface area (Å²) in [6.45, 7) is 2.93. The molecule has 3 rings (SSSR count). The van der Waals surface area contributed by atoms with E-state index in [9.17, 15) is 14.4 Å². The van der Waals surface area contributed by atoms with Crippen LogP contribution in [-0.4, -0.2) is 30.8 Å². The molecule has 0 aromatic heterocycles. The molecule has 3 amide bonds. The highest BCUT2D eigenvalue weighted by Gasteiger charge is 2.35. The molecular weight excluding hydrogens is 390 g/mol. The predicted octanol–water partition coefficient (Wildman–Crippen LogP) is 3.86. The van der Waals surface area contributed by atoms with E-state index in [4.69, 9.17) is 11.6 Å². The standard InChI is InChI=1S/C22H24ClN3O3/c1-2-3-12-24-22(29)18-6-4-5-7-19(18)25-21(28)15-13-20(27)26(14-15)17-10-8-16(23)9-11-17/h4-11,15H,2-3,12-14H2,1H3,(H,24,29)(H,25,28). The van der Waals surface area contributed by atoms with Gasteiger partial charge in [-0.05, 0) is 42.8 Å². The topological polar surface area (TPSA) is 78.5 Å². The molecule has 7 heteroatoms. The van der Waals surface area contributed by atoms with Crippen LogP contribution in [0.25, 0.3) is 0 Å². The van der Waals surface area contributed by atoms with Crippen LogP contribution >= 0.6 is 11.6 Å². The Hall–Kier alpha value is -2.86. The predicted molar refractivity (Wildman–Crippen MR) is 114 cm³/mol. The number of nitrogens with one attached hydrogen (secondary N) is 2. The summed E-state index contributed by atoms with van der Waals surface area (Å²) in [6.07, 6.45) is 2.00. The number of para-hydroxylation sites is 1. The van der Waals surface area contributed by atoms with E-state index in [2.05, 4.69) is 17.6 Å². The van der Waals surface area contributed by atoms with Crippen molar-refractivity contribution in [2.75, 3.05) is 23.3 Å². The number of carbonyl (C=O) groups excluding carboxylic acids is 3. The maximum absolute atomic E-state index is 12.8. The number of halogens is 1. The Bertz CT molecular complexity index is 898. The van der Waals surface area contributed by atoms with Crippen molar-refractivity contribution in [2.24, 2.45) is 5.92 Å². The van der Waals surface area contributed by atoms with Crippen LogP contribution in [0.5, 0.6) is 0 Å². The van der Waals surface area contributed by atoms with E-state index in [-0.39, 0.29) is 30.7 Å². The number of amides is 3. The lowest BCUT2D eigenvalue weighted by Gasteiger charge is -2.17. The number of rotatable bonds is 7. The van der Waals surface area contributed by atoms with Gasteiger partial charge in [-0.2, -0.15) is 0 Å². The van der Waals surface area contributed by atoms with Gasteiger partial charge in [0.05, 0.1) is 17.2 Å². The molecule has 1 atom stereocenters. The third-order valence-corrected chi connectivity index (χ3v) is 5.13. The number of benzene rings is 2. The van der Waals surface area contributed by atoms with Crippen LogP contribution in [0, 0.1) is 5.92 Å². The molecule has 1 aliphatic rings. The molecule has 2 N–H and O–H groups in total. The van der Waals surface area contributed by atoms with E-state index in [1.54, 1.807) is 53.4 Å². The van der Waals surface area contributed by atoms with Gasteiger partial charge in [0.25, 0.3) is 5.91 Å². The van der Waals surface area contributed by atoms with E-state index in [1.165, 1.54) is 0 Å². The molecular formula is C22H24ClN3O3. The zero-order chi connectivity index (χ0) is 20.8. The molecule has 6 nitrogen and oxygen atoms in total. The van der Waals surface area contributed by atoms with E-state index in [0.717, 1.165) is 12.8 Å². The smallest absolute Gasteiger partial charge is 0.253 e. The number of hydrogen-bond acceptors (Lipinski definition) is 3. The van der Waals surface area contributed by atoms with Crippen molar-refractivity contribution in [1.82, 2.24) is 5.32 Å². The second kappa shape index (κ2) is 9.56. The van der Waals surface area contributed by atoms with E-state index in [0.29, 0.717) is 28.5 Å². The zero-order valence-electron chi connectivity index (χ0n) is 16.3. The summed E-state index contributed by atoms with van der Waals surface area (Å²) in [5.74, 6) is -1.10. The first-order valence-electron chi connectivity index (χ1n) is 9.73. The van der Waals surface area contributed by atoms with Crippen LogP contribution in [0.3, 0.4) is 0 Å². The third-order valence-electron chi connectivity index (χ3n) is 4.88. The van der Waals surface area contributed by atoms with Crippen molar-refractivity contribution in [2.45, 2.75) is 26.2 Å². The van der Waals surface area contributed by atoms with Crippen LogP contribution in [0.4, 0.5) is 11.4 Å². The minimum atomic E-state index is -0.491. The number of nitrogens with zero attached hydrogens (tertiary/aromatic N) is 1. The number of carbonyl (C=O) groups is 3. The van der Waals surface area contributed by atoms with Crippen molar-refractivity contribution >= 4 is 40.7 Å². The van der Waals surface area contributed by atoms with Gasteiger partial charge in [0.1, 0.15) is 0 Å². The second-order valence-electron chi connectivity index (χ2n) is 7.03. The van der Waals surface area contributed by atoms with Gasteiger partial charge in [-0.3, -0.25) is 14.4 Å². The van der Waals surface area contributed by atoms with Gasteiger partial charge in [-0.1, -0.05) is 37.1 Å². The lowest BCUT2D eigenvalue weighted by atomic mass is 10.1. The van der Waals surface area contributed by atoms with E-state index >= 15 is 0 Å². The lowest BCUT2D eigenvalue weighted by Crippen LogP contribution is -2.29. The van der Waals surface area contributed by atoms with Crippen molar-refractivity contribution in [3.8, 4) is 0 Å². The molecule has 152 valence electrons. The molecule has 0 bridgehead atoms. The SMILES string of the molecule is CCCCNC(=O)c1ccccc1NC(=O)C1CC(=O)N(c2ccc(Cl)cc2)C1. The fraction of sp³-hybridized carbons (Fsp3) is 0.318. The molecule has 29 heavy (non-hydrogen) atoms. The van der Waals surface area contributed by atoms with Crippen LogP contribution in [0.15, 0.2) is 48.5 Å². The normalized spacial score (nSPS) is 16.0. The quantitative estimate of drug-likeness (QED) is 0.676. The van der Waals surface area contributed by atoms with Gasteiger partial charge in [0.15, 0.2) is 0 Å². The maximum Gasteiger partial charge on any atom is 0.253 e. The van der Waals surface area contributed by atoms with Crippen LogP contribution < -0.4 is 15.5 Å². The highest BCUT2D eigenvalue weighted by molar-refractivity contribution is 6.30. The Kier molecular flexibility index (Phi) is 6.88. The molecule has 1 unspecified atom stereocenters. The second-order valence-corrected chi connectivity index (χ2v) is 7.46. The van der Waals surface area contributed by atoms with Gasteiger partial charge in [-0.15, -0.1) is 0 Å². The molecule has 2 aromatic carbocycles. The van der Waals surface area contributed by atoms with Gasteiger partial charge in [0.2, 0.25) is 11.8 Å². The largest absolute Gasteiger partial charge is 0.352 e. The molecule has 0 saturated carbocycles. The fourth-order valence-electron chi connectivity index (χ4n) is 3.25. The van der Waals surface area contributed by atoms with Crippen molar-refractivity contribution in [3.63, 3.8) is 0 Å². The first-order valence-corrected chi connectivity index (χ1v) is 10.1. The molecule has 1 saturated heterocycles. The summed E-state index contributed by atoms with van der Waals surface area (Å²) >= 11 is 5.90. The summed E-state index contributed by atoms with van der Waals surface area (Å²) in [5.41, 5.74) is 1.57. The average molecular weight is 414 g/mol. The minimum Gasteiger partial charge on any atom is -0.352 e. The van der Waals surface area contributed by atoms with Crippen molar-refractivity contribution in [3.05, 3.63) is 59.1 Å². The zero-order valence-corrected chi connectivity index (χ0v) is 17.0. The van der Waals surface area contributed by atoms with Crippen LogP contribution in [-0.2, 0) is 9.59 Å². The Morgan fingerprint density at radius 1 is 1.14 bits per heavy atom. The molecule has 1 aliphatic heterocycles. The van der Waals surface area contributed by atoms with Gasteiger partial charge < -0.3 is 15.5 Å². The van der Waals surface area contributed by atoms with Gasteiger partial charge in [0, 0.05) is 30.2 Å². The summed E-state index contributed by atoms with van der Waals surface area (Å²) in [4.78, 5) is 39.2. The molecule has 2 aromatic rings. The van der Waals surface area contributed by atoms with Crippen molar-refractivity contribution < 1.29 is 14.4 Å². The maximum atomic E-state index is 12.8. The molecule has 0 radical (unpaired) electrons. The summed E-state index contributed by atoms with van der Waals surface area (Å²) in [7, 11) is 0. The summed E-state index contributed by atoms with van der Waals surface area (Å²) in [5, 5.41) is 6.27. The number of unbranched alkanes of at least 4 members (excludes halogenated alkanes) is 1. The number of anilines is 2. The minimum absolute atomic E-state index is 0.113. The monoisotopic (exact) mass is 413 g/mol. The average Bonchev–Trinajstić information content (AvgIpc) is 3.11. The summed E-state index contributed by atoms with van der Waals surface area (Å²) < 4.78 is 0. The molecule has 0 aliphatic carbocycles. The molecule has 1 fully saturated rings. The van der Waals surface area contributed by atoms with Crippen LogP contribution in [0.2, 0.25) is 5.02 Å². The lowest BCUT2D eigenvalue weighted by molar-refractivity contribution is -0.122. The van der Waals surface area contributed by atoms with Crippen LogP contribution in [0.1, 0.15) is 36.5 Å². The van der Waals surface area contributed by atoms with Gasteiger partial charge >= 0.3 is 0 Å². The fourth-order valence-corrected chi connectivity index (χ4v) is 3.38. The number of hydrogen-bond donors (Lipinski definition) is 2. The van der Waals surface area contributed by atoms with E-state index < -0.39 is 5.92 Å². The molecule has 1 heterocycles. The first-order chi connectivity index (χ1) is 14.0. The highest BCUT2D eigenvalue weighted by Crippen LogP contribution is 2.27. The third kappa shape index (κ3) is 5.15.